The lowest BCUT2D eigenvalue weighted by Crippen LogP contribution is -2.45. The summed E-state index contributed by atoms with van der Waals surface area (Å²) in [6.07, 6.45) is 4.80. The first-order chi connectivity index (χ1) is 8.94. The third kappa shape index (κ3) is 4.23. The molecule has 0 unspecified atom stereocenters. The van der Waals surface area contributed by atoms with Crippen LogP contribution in [-0.4, -0.2) is 16.5 Å². The van der Waals surface area contributed by atoms with Gasteiger partial charge in [0, 0.05) is 11.2 Å². The predicted molar refractivity (Wildman–Crippen MR) is 79.1 cm³/mol. The highest BCUT2D eigenvalue weighted by Crippen LogP contribution is 2.19. The molecule has 1 aliphatic carbocycles. The maximum absolute atomic E-state index is 5.86. The normalized spacial score (nSPS) is 16.1. The second-order valence-corrected chi connectivity index (χ2v) is 6.19. The Bertz CT molecular complexity index is 472. The van der Waals surface area contributed by atoms with Crippen LogP contribution in [0.1, 0.15) is 50.6 Å². The van der Waals surface area contributed by atoms with Crippen molar-refractivity contribution in [3.8, 4) is 0 Å². The van der Waals surface area contributed by atoms with Crippen LogP contribution in [0.2, 0.25) is 0 Å². The van der Waals surface area contributed by atoms with Crippen LogP contribution in [0.25, 0.3) is 0 Å². The fourth-order valence-corrected chi connectivity index (χ4v) is 2.31. The number of hydrogen-bond donors (Lipinski definition) is 2. The summed E-state index contributed by atoms with van der Waals surface area (Å²) in [6, 6.07) is 4.26. The van der Waals surface area contributed by atoms with E-state index < -0.39 is 0 Å². The van der Waals surface area contributed by atoms with Crippen LogP contribution in [0.4, 0.5) is 0 Å². The summed E-state index contributed by atoms with van der Waals surface area (Å²) < 4.78 is 0. The van der Waals surface area contributed by atoms with Crippen molar-refractivity contribution in [3.05, 3.63) is 29.1 Å². The van der Waals surface area contributed by atoms with E-state index in [0.29, 0.717) is 12.5 Å². The standard InChI is InChI=1S/C15H24N4/c1-15(2,3)19-14(16)17-10-12-9-8-11-6-4-5-7-13(11)18-12/h8-9H,4-7,10H2,1-3H3,(H3,16,17,19). The van der Waals surface area contributed by atoms with Crippen molar-refractivity contribution in [3.63, 3.8) is 0 Å². The lowest BCUT2D eigenvalue weighted by molar-refractivity contribution is 0.508. The Hall–Kier alpha value is -1.58. The average Bonchev–Trinajstić information content (AvgIpc) is 2.34. The van der Waals surface area contributed by atoms with Gasteiger partial charge in [0.1, 0.15) is 0 Å². The van der Waals surface area contributed by atoms with Crippen LogP contribution in [0.15, 0.2) is 17.1 Å². The Kier molecular flexibility index (Phi) is 4.08. The first-order valence-electron chi connectivity index (χ1n) is 7.00. The second-order valence-electron chi connectivity index (χ2n) is 6.19. The van der Waals surface area contributed by atoms with Gasteiger partial charge in [-0.1, -0.05) is 6.07 Å². The van der Waals surface area contributed by atoms with Crippen LogP contribution in [0.5, 0.6) is 0 Å². The van der Waals surface area contributed by atoms with Gasteiger partial charge in [0.25, 0.3) is 0 Å². The molecule has 0 aromatic carbocycles. The van der Waals surface area contributed by atoms with Crippen LogP contribution in [-0.2, 0) is 19.4 Å². The molecule has 1 aromatic heterocycles. The van der Waals surface area contributed by atoms with Gasteiger partial charge in [0.05, 0.1) is 12.2 Å². The smallest absolute Gasteiger partial charge is 0.189 e. The summed E-state index contributed by atoms with van der Waals surface area (Å²) in [5.41, 5.74) is 9.45. The number of pyridine rings is 1. The van der Waals surface area contributed by atoms with Crippen molar-refractivity contribution in [1.29, 1.82) is 0 Å². The van der Waals surface area contributed by atoms with Crippen LogP contribution >= 0.6 is 0 Å². The highest BCUT2D eigenvalue weighted by atomic mass is 15.1. The van der Waals surface area contributed by atoms with Crippen molar-refractivity contribution < 1.29 is 0 Å². The zero-order valence-corrected chi connectivity index (χ0v) is 12.2. The molecule has 19 heavy (non-hydrogen) atoms. The maximum atomic E-state index is 5.86. The molecule has 3 N–H and O–H groups in total. The first kappa shape index (κ1) is 13.8. The number of nitrogens with one attached hydrogen (secondary N) is 1. The van der Waals surface area contributed by atoms with Crippen LogP contribution in [0, 0.1) is 0 Å². The number of fused-ring (bicyclic) bond motifs is 1. The number of nitrogens with zero attached hydrogens (tertiary/aromatic N) is 2. The number of aromatic nitrogens is 1. The molecule has 1 aromatic rings. The van der Waals surface area contributed by atoms with Gasteiger partial charge < -0.3 is 11.1 Å². The molecule has 0 radical (unpaired) electrons. The number of aliphatic imine (C=N–C) groups is 1. The van der Waals surface area contributed by atoms with Gasteiger partial charge >= 0.3 is 0 Å². The molecule has 0 saturated heterocycles. The van der Waals surface area contributed by atoms with Gasteiger partial charge in [-0.15, -0.1) is 0 Å². The van der Waals surface area contributed by atoms with E-state index in [0.717, 1.165) is 12.1 Å². The van der Waals surface area contributed by atoms with Crippen LogP contribution < -0.4 is 11.1 Å². The summed E-state index contributed by atoms with van der Waals surface area (Å²) >= 11 is 0. The minimum Gasteiger partial charge on any atom is -0.370 e. The second kappa shape index (κ2) is 5.59. The number of guanidine groups is 1. The van der Waals surface area contributed by atoms with E-state index in [4.69, 9.17) is 10.7 Å². The molecule has 1 heterocycles. The van der Waals surface area contributed by atoms with E-state index >= 15 is 0 Å². The third-order valence-electron chi connectivity index (χ3n) is 3.15. The fraction of sp³-hybridized carbons (Fsp3) is 0.600. The summed E-state index contributed by atoms with van der Waals surface area (Å²) in [5, 5.41) is 3.15. The van der Waals surface area contributed by atoms with Gasteiger partial charge in [-0.3, -0.25) is 4.98 Å². The lowest BCUT2D eigenvalue weighted by Gasteiger charge is -2.21. The van der Waals surface area contributed by atoms with E-state index in [1.807, 2.05) is 0 Å². The molecule has 104 valence electrons. The molecule has 0 atom stereocenters. The Morgan fingerprint density at radius 3 is 2.79 bits per heavy atom. The molecule has 0 spiro atoms. The molecule has 0 saturated carbocycles. The molecule has 0 aliphatic heterocycles. The zero-order chi connectivity index (χ0) is 13.9. The van der Waals surface area contributed by atoms with E-state index in [2.05, 4.69) is 43.2 Å². The predicted octanol–water partition coefficient (Wildman–Crippen LogP) is 2.16. The van der Waals surface area contributed by atoms with E-state index in [-0.39, 0.29) is 5.54 Å². The highest BCUT2D eigenvalue weighted by Gasteiger charge is 2.12. The van der Waals surface area contributed by atoms with Crippen molar-refractivity contribution in [2.45, 2.75) is 58.5 Å². The third-order valence-corrected chi connectivity index (χ3v) is 3.15. The summed E-state index contributed by atoms with van der Waals surface area (Å²) in [7, 11) is 0. The van der Waals surface area contributed by atoms with E-state index in [1.54, 1.807) is 0 Å². The summed E-state index contributed by atoms with van der Waals surface area (Å²) in [5.74, 6) is 0.479. The summed E-state index contributed by atoms with van der Waals surface area (Å²) in [4.78, 5) is 9.04. The molecular formula is C15H24N4. The highest BCUT2D eigenvalue weighted by molar-refractivity contribution is 5.78. The lowest BCUT2D eigenvalue weighted by atomic mass is 9.96. The molecule has 2 rings (SSSR count). The molecular weight excluding hydrogens is 236 g/mol. The topological polar surface area (TPSA) is 63.3 Å². The quantitative estimate of drug-likeness (QED) is 0.632. The van der Waals surface area contributed by atoms with E-state index in [9.17, 15) is 0 Å². The fourth-order valence-electron chi connectivity index (χ4n) is 2.31. The molecule has 0 fully saturated rings. The molecule has 4 heteroatoms. The largest absolute Gasteiger partial charge is 0.370 e. The zero-order valence-electron chi connectivity index (χ0n) is 12.2. The van der Waals surface area contributed by atoms with Crippen LogP contribution in [0.3, 0.4) is 0 Å². The van der Waals surface area contributed by atoms with Crippen molar-refractivity contribution in [2.75, 3.05) is 0 Å². The number of hydrogen-bond acceptors (Lipinski definition) is 2. The van der Waals surface area contributed by atoms with Crippen molar-refractivity contribution >= 4 is 5.96 Å². The van der Waals surface area contributed by atoms with Crippen molar-refractivity contribution in [2.24, 2.45) is 10.7 Å². The number of nitrogens with two attached hydrogens (primary N) is 1. The number of aryl methyl sites for hydroxylation is 2. The van der Waals surface area contributed by atoms with Gasteiger partial charge in [-0.05, 0) is 58.1 Å². The summed E-state index contributed by atoms with van der Waals surface area (Å²) in [6.45, 7) is 6.73. The monoisotopic (exact) mass is 260 g/mol. The molecule has 0 bridgehead atoms. The van der Waals surface area contributed by atoms with Gasteiger partial charge in [0.2, 0.25) is 0 Å². The minimum atomic E-state index is -0.0587. The van der Waals surface area contributed by atoms with Crippen molar-refractivity contribution in [1.82, 2.24) is 10.3 Å². The molecule has 4 nitrogen and oxygen atoms in total. The SMILES string of the molecule is CC(C)(C)NC(N)=NCc1ccc2c(n1)CCCC2. The Labute approximate surface area is 115 Å². The van der Waals surface area contributed by atoms with Gasteiger partial charge in [0.15, 0.2) is 5.96 Å². The van der Waals surface area contributed by atoms with Gasteiger partial charge in [-0.25, -0.2) is 4.99 Å². The van der Waals surface area contributed by atoms with Gasteiger partial charge in [-0.2, -0.15) is 0 Å². The Balaban J connectivity index is 2.01. The minimum absolute atomic E-state index is 0.0587. The maximum Gasteiger partial charge on any atom is 0.189 e. The van der Waals surface area contributed by atoms with E-state index in [1.165, 1.54) is 30.5 Å². The Morgan fingerprint density at radius 1 is 1.32 bits per heavy atom. The molecule has 0 amide bonds. The molecule has 1 aliphatic rings. The first-order valence-corrected chi connectivity index (χ1v) is 7.00. The average molecular weight is 260 g/mol. The Morgan fingerprint density at radius 2 is 2.05 bits per heavy atom. The number of rotatable bonds is 2.